The van der Waals surface area contributed by atoms with Gasteiger partial charge in [-0.25, -0.2) is 0 Å². The summed E-state index contributed by atoms with van der Waals surface area (Å²) in [6.45, 7) is 0. The molecule has 0 unspecified atom stereocenters. The minimum atomic E-state index is -0.200. The van der Waals surface area contributed by atoms with Gasteiger partial charge in [0.1, 0.15) is 5.69 Å². The van der Waals surface area contributed by atoms with Crippen LogP contribution in [0.4, 0.5) is 0 Å². The lowest BCUT2D eigenvalue weighted by molar-refractivity contribution is 0.941. The van der Waals surface area contributed by atoms with Gasteiger partial charge in [0.2, 0.25) is 0 Å². The Morgan fingerprint density at radius 2 is 2.19 bits per heavy atom. The molecular weight excluding hydrogens is 206 g/mol. The van der Waals surface area contributed by atoms with Crippen LogP contribution in [0.2, 0.25) is 0 Å². The van der Waals surface area contributed by atoms with E-state index in [0.29, 0.717) is 16.8 Å². The predicted octanol–water partition coefficient (Wildman–Crippen LogP) is 0.708. The second kappa shape index (κ2) is 3.27. The minimum Gasteiger partial charge on any atom is -0.320 e. The van der Waals surface area contributed by atoms with E-state index in [1.54, 1.807) is 18.5 Å². The molecule has 0 bridgehead atoms. The maximum atomic E-state index is 11.8. The van der Waals surface area contributed by atoms with E-state index in [1.807, 2.05) is 6.07 Å². The molecule has 0 radical (unpaired) electrons. The fourth-order valence-electron chi connectivity index (χ4n) is 1.57. The molecule has 78 valence electrons. The van der Waals surface area contributed by atoms with Crippen molar-refractivity contribution in [1.29, 1.82) is 0 Å². The molecular formula is C10H7N5O. The summed E-state index contributed by atoms with van der Waals surface area (Å²) in [5, 5.41) is 10.9. The summed E-state index contributed by atoms with van der Waals surface area (Å²) in [7, 11) is 0. The zero-order valence-electron chi connectivity index (χ0n) is 8.14. The Balaban J connectivity index is 2.34. The van der Waals surface area contributed by atoms with E-state index in [1.165, 1.54) is 6.20 Å². The number of fused-ring (bicyclic) bond motifs is 1. The number of pyridine rings is 2. The van der Waals surface area contributed by atoms with Crippen LogP contribution in [0.3, 0.4) is 0 Å². The number of hydrogen-bond acceptors (Lipinski definition) is 4. The third-order valence-corrected chi connectivity index (χ3v) is 2.34. The normalized spacial score (nSPS) is 10.8. The molecule has 0 saturated heterocycles. The fraction of sp³-hybridized carbons (Fsp3) is 0. The highest BCUT2D eigenvalue weighted by atomic mass is 16.1. The van der Waals surface area contributed by atoms with E-state index < -0.39 is 0 Å². The van der Waals surface area contributed by atoms with Crippen molar-refractivity contribution in [3.8, 4) is 11.3 Å². The minimum absolute atomic E-state index is 0.200. The van der Waals surface area contributed by atoms with Gasteiger partial charge in [-0.2, -0.15) is 15.4 Å². The number of H-pyrrole nitrogens is 2. The van der Waals surface area contributed by atoms with Crippen molar-refractivity contribution in [3.05, 3.63) is 41.1 Å². The molecule has 3 aromatic heterocycles. The SMILES string of the molecule is O=c1[nH]c2cnccc2cc1-c1cn[nH]n1. The van der Waals surface area contributed by atoms with E-state index in [4.69, 9.17) is 0 Å². The van der Waals surface area contributed by atoms with Crippen LogP contribution in [0.25, 0.3) is 22.2 Å². The molecule has 6 heteroatoms. The lowest BCUT2D eigenvalue weighted by Gasteiger charge is -1.99. The van der Waals surface area contributed by atoms with Crippen LogP contribution in [0.15, 0.2) is 35.5 Å². The molecule has 6 nitrogen and oxygen atoms in total. The van der Waals surface area contributed by atoms with Gasteiger partial charge in [-0.1, -0.05) is 0 Å². The molecule has 0 amide bonds. The Bertz CT molecular complexity index is 686. The van der Waals surface area contributed by atoms with Gasteiger partial charge in [0.15, 0.2) is 0 Å². The summed E-state index contributed by atoms with van der Waals surface area (Å²) in [4.78, 5) is 18.5. The van der Waals surface area contributed by atoms with E-state index in [0.717, 1.165) is 5.39 Å². The van der Waals surface area contributed by atoms with Gasteiger partial charge in [0.25, 0.3) is 5.56 Å². The predicted molar refractivity (Wildman–Crippen MR) is 57.7 cm³/mol. The second-order valence-electron chi connectivity index (χ2n) is 3.33. The molecule has 0 aliphatic rings. The number of nitrogens with zero attached hydrogens (tertiary/aromatic N) is 3. The lowest BCUT2D eigenvalue weighted by atomic mass is 10.1. The first-order valence-corrected chi connectivity index (χ1v) is 4.68. The number of hydrogen-bond donors (Lipinski definition) is 2. The third-order valence-electron chi connectivity index (χ3n) is 2.34. The van der Waals surface area contributed by atoms with Gasteiger partial charge in [-0.15, -0.1) is 0 Å². The molecule has 0 fully saturated rings. The van der Waals surface area contributed by atoms with E-state index in [2.05, 4.69) is 25.4 Å². The number of aromatic amines is 2. The van der Waals surface area contributed by atoms with Gasteiger partial charge in [-0.05, 0) is 12.1 Å². The molecule has 2 N–H and O–H groups in total. The summed E-state index contributed by atoms with van der Waals surface area (Å²) in [5.41, 5.74) is 1.53. The van der Waals surface area contributed by atoms with Gasteiger partial charge in [0.05, 0.1) is 23.5 Å². The maximum absolute atomic E-state index is 11.8. The molecule has 0 saturated carbocycles. The molecule has 16 heavy (non-hydrogen) atoms. The zero-order valence-corrected chi connectivity index (χ0v) is 8.14. The highest BCUT2D eigenvalue weighted by Gasteiger charge is 2.07. The van der Waals surface area contributed by atoms with Gasteiger partial charge in [-0.3, -0.25) is 9.78 Å². The molecule has 3 aromatic rings. The largest absolute Gasteiger partial charge is 0.320 e. The Hall–Kier alpha value is -2.50. The van der Waals surface area contributed by atoms with Crippen LogP contribution in [-0.4, -0.2) is 25.4 Å². The summed E-state index contributed by atoms with van der Waals surface area (Å²) in [6, 6.07) is 3.60. The van der Waals surface area contributed by atoms with Crippen LogP contribution in [0.1, 0.15) is 0 Å². The number of nitrogens with one attached hydrogen (secondary N) is 2. The van der Waals surface area contributed by atoms with Gasteiger partial charge >= 0.3 is 0 Å². The highest BCUT2D eigenvalue weighted by molar-refractivity contribution is 5.81. The third kappa shape index (κ3) is 1.28. The Labute approximate surface area is 89.4 Å². The zero-order chi connectivity index (χ0) is 11.0. The van der Waals surface area contributed by atoms with Crippen molar-refractivity contribution in [2.24, 2.45) is 0 Å². The topological polar surface area (TPSA) is 87.3 Å². The molecule has 0 aliphatic heterocycles. The van der Waals surface area contributed by atoms with Crippen LogP contribution in [0, 0.1) is 0 Å². The first-order chi connectivity index (χ1) is 7.84. The fourth-order valence-corrected chi connectivity index (χ4v) is 1.57. The van der Waals surface area contributed by atoms with Crippen molar-refractivity contribution in [3.63, 3.8) is 0 Å². The number of aromatic nitrogens is 5. The lowest BCUT2D eigenvalue weighted by Crippen LogP contribution is -2.08. The van der Waals surface area contributed by atoms with Crippen LogP contribution in [-0.2, 0) is 0 Å². The first-order valence-electron chi connectivity index (χ1n) is 4.68. The molecule has 0 spiro atoms. The average molecular weight is 213 g/mol. The highest BCUT2D eigenvalue weighted by Crippen LogP contribution is 2.15. The van der Waals surface area contributed by atoms with Crippen LogP contribution < -0.4 is 5.56 Å². The summed E-state index contributed by atoms with van der Waals surface area (Å²) < 4.78 is 0. The van der Waals surface area contributed by atoms with Crippen LogP contribution in [0.5, 0.6) is 0 Å². The van der Waals surface area contributed by atoms with E-state index >= 15 is 0 Å². The molecule has 0 aromatic carbocycles. The van der Waals surface area contributed by atoms with Crippen molar-refractivity contribution in [2.75, 3.05) is 0 Å². The van der Waals surface area contributed by atoms with E-state index in [9.17, 15) is 4.79 Å². The van der Waals surface area contributed by atoms with Crippen molar-refractivity contribution >= 4 is 10.9 Å². The number of rotatable bonds is 1. The smallest absolute Gasteiger partial charge is 0.258 e. The van der Waals surface area contributed by atoms with Crippen molar-refractivity contribution < 1.29 is 0 Å². The Morgan fingerprint density at radius 1 is 1.25 bits per heavy atom. The summed E-state index contributed by atoms with van der Waals surface area (Å²) in [6.07, 6.45) is 4.80. The van der Waals surface area contributed by atoms with Gasteiger partial charge < -0.3 is 4.98 Å². The van der Waals surface area contributed by atoms with E-state index in [-0.39, 0.29) is 5.56 Å². The quantitative estimate of drug-likeness (QED) is 0.623. The summed E-state index contributed by atoms with van der Waals surface area (Å²) >= 11 is 0. The summed E-state index contributed by atoms with van der Waals surface area (Å²) in [5.74, 6) is 0. The van der Waals surface area contributed by atoms with Crippen LogP contribution >= 0.6 is 0 Å². The van der Waals surface area contributed by atoms with Crippen molar-refractivity contribution in [2.45, 2.75) is 0 Å². The molecule has 3 rings (SSSR count). The standard InChI is InChI=1S/C10H7N5O/c16-10-7(9-5-12-15-14-9)3-6-1-2-11-4-8(6)13-10/h1-5H,(H,13,16)(H,12,14,15). The molecule has 0 atom stereocenters. The first kappa shape index (κ1) is 8.78. The molecule has 0 aliphatic carbocycles. The van der Waals surface area contributed by atoms with Crippen molar-refractivity contribution in [1.82, 2.24) is 25.4 Å². The molecule has 3 heterocycles. The Kier molecular flexibility index (Phi) is 1.79. The van der Waals surface area contributed by atoms with Gasteiger partial charge in [0, 0.05) is 11.6 Å². The average Bonchev–Trinajstić information content (AvgIpc) is 2.81. The monoisotopic (exact) mass is 213 g/mol. The Morgan fingerprint density at radius 3 is 3.00 bits per heavy atom. The second-order valence-corrected chi connectivity index (χ2v) is 3.33. The maximum Gasteiger partial charge on any atom is 0.258 e.